The number of rotatable bonds is 7. The fraction of sp³-hybridized carbons (Fsp3) is 0.0370. The van der Waals surface area contributed by atoms with E-state index in [9.17, 15) is 4.79 Å². The second-order valence-electron chi connectivity index (χ2n) is 7.86. The van der Waals surface area contributed by atoms with Crippen LogP contribution in [0.5, 0.6) is 5.75 Å². The van der Waals surface area contributed by atoms with Gasteiger partial charge in [0.05, 0.1) is 16.5 Å². The van der Waals surface area contributed by atoms with Gasteiger partial charge in [-0.05, 0) is 54.6 Å². The van der Waals surface area contributed by atoms with E-state index in [1.54, 1.807) is 23.1 Å². The lowest BCUT2D eigenvalue weighted by molar-refractivity contribution is 0.363. The lowest BCUT2D eigenvalue weighted by atomic mass is 10.2. The molecule has 6 aromatic rings. The smallest absolute Gasteiger partial charge is 0.291 e. The third kappa shape index (κ3) is 4.01. The number of aromatic nitrogens is 5. The van der Waals surface area contributed by atoms with Crippen molar-refractivity contribution >= 4 is 22.4 Å². The molecule has 9 heteroatoms. The highest BCUT2D eigenvalue weighted by molar-refractivity contribution is 7.15. The third-order valence-corrected chi connectivity index (χ3v) is 6.43. The average Bonchev–Trinajstić information content (AvgIpc) is 3.70. The van der Waals surface area contributed by atoms with Gasteiger partial charge in [-0.15, -0.1) is 5.10 Å². The zero-order valence-electron chi connectivity index (χ0n) is 18.9. The largest absolute Gasteiger partial charge is 0.490 e. The van der Waals surface area contributed by atoms with E-state index < -0.39 is 0 Å². The molecular weight excluding hydrogens is 474 g/mol. The quantitative estimate of drug-likeness (QED) is 0.307. The normalized spacial score (nSPS) is 11.8. The van der Waals surface area contributed by atoms with Gasteiger partial charge in [0.1, 0.15) is 18.1 Å². The molecule has 0 saturated heterocycles. The Morgan fingerprint density at radius 3 is 2.58 bits per heavy atom. The van der Waals surface area contributed by atoms with Crippen LogP contribution in [0.25, 0.3) is 39.6 Å². The predicted molar refractivity (Wildman–Crippen MR) is 138 cm³/mol. The zero-order valence-corrected chi connectivity index (χ0v) is 19.8. The maximum Gasteiger partial charge on any atom is 0.291 e. The van der Waals surface area contributed by atoms with Crippen molar-refractivity contribution in [2.75, 3.05) is 6.61 Å². The van der Waals surface area contributed by atoms with E-state index in [0.717, 1.165) is 22.6 Å². The molecule has 0 aliphatic carbocycles. The maximum absolute atomic E-state index is 13.2. The standard InChI is InChI=1S/C27H19N5O3S/c1-2-14-34-21-12-10-18(11-13-21)25-28-27-32(30-25)26(33)23(36-27)16-19-17-31(20-7-4-3-5-8-20)29-24(19)22-9-6-15-35-22/h2-13,15-17H,1,14H2/b23-16-. The average molecular weight is 494 g/mol. The number of para-hydroxylation sites is 1. The summed E-state index contributed by atoms with van der Waals surface area (Å²) in [6, 6.07) is 20.8. The molecule has 0 spiro atoms. The summed E-state index contributed by atoms with van der Waals surface area (Å²) in [5.74, 6) is 1.82. The molecule has 0 atom stereocenters. The van der Waals surface area contributed by atoms with E-state index in [-0.39, 0.29) is 5.56 Å². The van der Waals surface area contributed by atoms with Gasteiger partial charge in [-0.2, -0.15) is 14.6 Å². The molecule has 0 amide bonds. The van der Waals surface area contributed by atoms with Gasteiger partial charge in [0.15, 0.2) is 11.6 Å². The molecule has 8 nitrogen and oxygen atoms in total. The molecule has 176 valence electrons. The van der Waals surface area contributed by atoms with E-state index in [1.165, 1.54) is 15.9 Å². The second kappa shape index (κ2) is 9.12. The summed E-state index contributed by atoms with van der Waals surface area (Å²) in [7, 11) is 0. The van der Waals surface area contributed by atoms with Gasteiger partial charge < -0.3 is 9.15 Å². The fourth-order valence-electron chi connectivity index (χ4n) is 3.76. The molecule has 4 heterocycles. The molecule has 0 aliphatic heterocycles. The zero-order chi connectivity index (χ0) is 24.5. The maximum atomic E-state index is 13.2. The molecule has 0 bridgehead atoms. The summed E-state index contributed by atoms with van der Waals surface area (Å²) < 4.78 is 14.7. The minimum absolute atomic E-state index is 0.238. The minimum atomic E-state index is -0.238. The van der Waals surface area contributed by atoms with Crippen molar-refractivity contribution in [3.8, 4) is 34.3 Å². The molecule has 0 unspecified atom stereocenters. The van der Waals surface area contributed by atoms with Crippen LogP contribution in [0, 0.1) is 0 Å². The summed E-state index contributed by atoms with van der Waals surface area (Å²) >= 11 is 1.28. The number of benzene rings is 2. The second-order valence-corrected chi connectivity index (χ2v) is 8.87. The Kier molecular flexibility index (Phi) is 5.51. The molecule has 4 aromatic heterocycles. The number of nitrogens with zero attached hydrogens (tertiary/aromatic N) is 5. The monoisotopic (exact) mass is 493 g/mol. The summed E-state index contributed by atoms with van der Waals surface area (Å²) in [5.41, 5.74) is 2.86. The topological polar surface area (TPSA) is 87.5 Å². The third-order valence-electron chi connectivity index (χ3n) is 5.47. The van der Waals surface area contributed by atoms with Gasteiger partial charge in [0.2, 0.25) is 4.96 Å². The molecular formula is C27H19N5O3S. The molecule has 0 radical (unpaired) electrons. The lowest BCUT2D eigenvalue weighted by Crippen LogP contribution is -2.23. The van der Waals surface area contributed by atoms with Gasteiger partial charge in [-0.3, -0.25) is 4.79 Å². The number of hydrogen-bond donors (Lipinski definition) is 0. The van der Waals surface area contributed by atoms with Crippen molar-refractivity contribution in [1.82, 2.24) is 24.4 Å². The van der Waals surface area contributed by atoms with Crippen LogP contribution in [0.2, 0.25) is 0 Å². The Morgan fingerprint density at radius 1 is 1.03 bits per heavy atom. The molecule has 0 N–H and O–H groups in total. The Hall–Kier alpha value is -4.76. The van der Waals surface area contributed by atoms with Gasteiger partial charge in [0.25, 0.3) is 5.56 Å². The van der Waals surface area contributed by atoms with Crippen LogP contribution in [-0.2, 0) is 0 Å². The van der Waals surface area contributed by atoms with Crippen molar-refractivity contribution in [3.63, 3.8) is 0 Å². The summed E-state index contributed by atoms with van der Waals surface area (Å²) in [6.45, 7) is 4.08. The van der Waals surface area contributed by atoms with Crippen molar-refractivity contribution in [2.45, 2.75) is 0 Å². The molecule has 2 aromatic carbocycles. The van der Waals surface area contributed by atoms with Crippen LogP contribution in [0.15, 0.2) is 101 Å². The molecule has 36 heavy (non-hydrogen) atoms. The van der Waals surface area contributed by atoms with Crippen LogP contribution < -0.4 is 14.8 Å². The summed E-state index contributed by atoms with van der Waals surface area (Å²) in [5, 5.41) is 9.16. The van der Waals surface area contributed by atoms with Crippen molar-refractivity contribution in [2.24, 2.45) is 0 Å². The minimum Gasteiger partial charge on any atom is -0.490 e. The van der Waals surface area contributed by atoms with Gasteiger partial charge >= 0.3 is 0 Å². The van der Waals surface area contributed by atoms with Crippen molar-refractivity contribution in [1.29, 1.82) is 0 Å². The van der Waals surface area contributed by atoms with E-state index >= 15 is 0 Å². The van der Waals surface area contributed by atoms with Crippen molar-refractivity contribution in [3.05, 3.63) is 112 Å². The van der Waals surface area contributed by atoms with Gasteiger partial charge in [0, 0.05) is 17.3 Å². The number of thiazole rings is 1. The highest BCUT2D eigenvalue weighted by Crippen LogP contribution is 2.25. The molecule has 0 saturated carbocycles. The van der Waals surface area contributed by atoms with E-state index in [1.807, 2.05) is 72.9 Å². The van der Waals surface area contributed by atoms with Crippen LogP contribution in [0.3, 0.4) is 0 Å². The molecule has 6 rings (SSSR count). The Bertz CT molecular complexity index is 1770. The van der Waals surface area contributed by atoms with E-state index in [2.05, 4.69) is 16.7 Å². The predicted octanol–water partition coefficient (Wildman–Crippen LogP) is 4.38. The first-order chi connectivity index (χ1) is 17.7. The first-order valence-electron chi connectivity index (χ1n) is 11.1. The SMILES string of the molecule is C=CCOc1ccc(-c2nc3s/c(=C\c4cn(-c5ccccc5)nc4-c4ccco4)c(=O)n3n2)cc1. The first kappa shape index (κ1) is 21.8. The van der Waals surface area contributed by atoms with Crippen molar-refractivity contribution < 1.29 is 9.15 Å². The van der Waals surface area contributed by atoms with Gasteiger partial charge in [-0.25, -0.2) is 4.68 Å². The summed E-state index contributed by atoms with van der Waals surface area (Å²) in [6.07, 6.45) is 6.97. The van der Waals surface area contributed by atoms with E-state index in [0.29, 0.717) is 33.4 Å². The summed E-state index contributed by atoms with van der Waals surface area (Å²) in [4.78, 5) is 18.3. The lowest BCUT2D eigenvalue weighted by Gasteiger charge is -2.02. The number of ether oxygens (including phenoxy) is 1. The number of hydrogen-bond acceptors (Lipinski definition) is 7. The van der Waals surface area contributed by atoms with Crippen LogP contribution in [0.1, 0.15) is 5.56 Å². The highest BCUT2D eigenvalue weighted by Gasteiger charge is 2.16. The van der Waals surface area contributed by atoms with Gasteiger partial charge in [-0.1, -0.05) is 42.2 Å². The Balaban J connectivity index is 1.39. The number of fused-ring (bicyclic) bond motifs is 1. The highest BCUT2D eigenvalue weighted by atomic mass is 32.1. The van der Waals surface area contributed by atoms with Crippen LogP contribution in [0.4, 0.5) is 0 Å². The first-order valence-corrected chi connectivity index (χ1v) is 12.0. The molecule has 0 aliphatic rings. The Labute approximate surface area is 209 Å². The van der Waals surface area contributed by atoms with E-state index in [4.69, 9.17) is 14.3 Å². The molecule has 0 fully saturated rings. The fourth-order valence-corrected chi connectivity index (χ4v) is 4.66. The van der Waals surface area contributed by atoms with Crippen LogP contribution >= 0.6 is 11.3 Å². The Morgan fingerprint density at radius 2 is 1.86 bits per heavy atom. The van der Waals surface area contributed by atoms with Crippen LogP contribution in [-0.4, -0.2) is 31.0 Å². The number of furan rings is 1.